The molecule has 0 bridgehead atoms. The molecule has 1 heterocycles. The maximum Gasteiger partial charge on any atom is 2.00 e. The third-order valence-corrected chi connectivity index (χ3v) is 2.59. The van der Waals surface area contributed by atoms with Crippen molar-refractivity contribution in [2.45, 2.75) is 6.42 Å². The molecule has 0 spiro atoms. The third kappa shape index (κ3) is 4.06. The van der Waals surface area contributed by atoms with E-state index in [1.165, 1.54) is 0 Å². The molecule has 0 saturated carbocycles. The van der Waals surface area contributed by atoms with E-state index in [1.54, 1.807) is 4.90 Å². The quantitative estimate of drug-likeness (QED) is 0.634. The Morgan fingerprint density at radius 2 is 1.83 bits per heavy atom. The number of urea groups is 1. The topological polar surface area (TPSA) is 32.3 Å². The smallest absolute Gasteiger partial charge is 0.377 e. The van der Waals surface area contributed by atoms with Crippen molar-refractivity contribution in [3.05, 3.63) is 54.6 Å². The number of rotatable bonds is 1. The Bertz CT molecular complexity index is 405. The van der Waals surface area contributed by atoms with Gasteiger partial charge in [-0.1, -0.05) is 0 Å². The minimum Gasteiger partial charge on any atom is -0.377 e. The van der Waals surface area contributed by atoms with Crippen LogP contribution in [-0.4, -0.2) is 19.1 Å². The monoisotopic (exact) mass is 284 g/mol. The number of hydrogen-bond donors (Lipinski definition) is 1. The molecular formula is C14H16FeN2O. The van der Waals surface area contributed by atoms with Gasteiger partial charge in [-0.2, -0.15) is 30.3 Å². The Morgan fingerprint density at radius 3 is 2.33 bits per heavy atom. The van der Waals surface area contributed by atoms with Crippen molar-refractivity contribution in [1.29, 1.82) is 0 Å². The minimum atomic E-state index is 0. The largest absolute Gasteiger partial charge is 2.00 e. The SMILES string of the molecule is O=C1NCCCN1[c-]1cccc1.[Fe+2].c1cc[cH-]c1. The van der Waals surface area contributed by atoms with Crippen molar-refractivity contribution in [1.82, 2.24) is 5.32 Å². The van der Waals surface area contributed by atoms with Gasteiger partial charge in [0.15, 0.2) is 0 Å². The molecule has 1 fully saturated rings. The van der Waals surface area contributed by atoms with E-state index in [9.17, 15) is 4.79 Å². The average Bonchev–Trinajstić information content (AvgIpc) is 3.06. The van der Waals surface area contributed by atoms with E-state index in [2.05, 4.69) is 5.32 Å². The minimum absolute atomic E-state index is 0. The maximum absolute atomic E-state index is 11.3. The molecule has 1 saturated heterocycles. The van der Waals surface area contributed by atoms with Crippen LogP contribution in [0.25, 0.3) is 0 Å². The first kappa shape index (κ1) is 14.6. The van der Waals surface area contributed by atoms with E-state index in [0.29, 0.717) is 0 Å². The fraction of sp³-hybridized carbons (Fsp3) is 0.214. The Kier molecular flexibility index (Phi) is 6.26. The van der Waals surface area contributed by atoms with Crippen molar-refractivity contribution in [2.75, 3.05) is 18.0 Å². The van der Waals surface area contributed by atoms with Gasteiger partial charge >= 0.3 is 17.1 Å². The van der Waals surface area contributed by atoms with Crippen LogP contribution >= 0.6 is 0 Å². The van der Waals surface area contributed by atoms with Gasteiger partial charge in [0.1, 0.15) is 0 Å². The molecule has 1 N–H and O–H groups in total. The summed E-state index contributed by atoms with van der Waals surface area (Å²) in [5.74, 6) is 0. The van der Waals surface area contributed by atoms with Crippen LogP contribution in [0.1, 0.15) is 6.42 Å². The van der Waals surface area contributed by atoms with Gasteiger partial charge in [-0.15, -0.1) is 12.1 Å². The van der Waals surface area contributed by atoms with E-state index < -0.39 is 0 Å². The van der Waals surface area contributed by atoms with Crippen molar-refractivity contribution in [3.8, 4) is 0 Å². The van der Waals surface area contributed by atoms with Crippen LogP contribution in [0.15, 0.2) is 54.6 Å². The van der Waals surface area contributed by atoms with Crippen LogP contribution in [0.2, 0.25) is 0 Å². The summed E-state index contributed by atoms with van der Waals surface area (Å²) in [6.45, 7) is 1.63. The van der Waals surface area contributed by atoms with Gasteiger partial charge in [-0.3, -0.25) is 0 Å². The summed E-state index contributed by atoms with van der Waals surface area (Å²) in [5, 5.41) is 2.81. The van der Waals surface area contributed by atoms with Crippen molar-refractivity contribution in [2.24, 2.45) is 0 Å². The summed E-state index contributed by atoms with van der Waals surface area (Å²) >= 11 is 0. The normalized spacial score (nSPS) is 14.0. The summed E-state index contributed by atoms with van der Waals surface area (Å²) in [4.78, 5) is 13.1. The summed E-state index contributed by atoms with van der Waals surface area (Å²) in [6.07, 6.45) is 1.02. The maximum atomic E-state index is 11.3. The van der Waals surface area contributed by atoms with Crippen molar-refractivity contribution in [3.63, 3.8) is 0 Å². The van der Waals surface area contributed by atoms with E-state index in [4.69, 9.17) is 0 Å². The first-order valence-electron chi connectivity index (χ1n) is 5.82. The van der Waals surface area contributed by atoms with Gasteiger partial charge in [0.05, 0.1) is 0 Å². The molecule has 2 aromatic rings. The Labute approximate surface area is 118 Å². The molecule has 2 amide bonds. The molecule has 0 aliphatic carbocycles. The van der Waals surface area contributed by atoms with Crippen LogP contribution in [0, 0.1) is 0 Å². The number of hydrogen-bond acceptors (Lipinski definition) is 1. The first-order chi connectivity index (χ1) is 8.38. The molecule has 2 aromatic carbocycles. The molecule has 0 radical (unpaired) electrons. The average molecular weight is 284 g/mol. The molecule has 1 aliphatic rings. The standard InChI is InChI=1S/C9H11N2O.C5H5.Fe/c12-9-10-6-3-7-11(9)8-4-1-2-5-8;1-2-4-5-3-1;/h1-2,4-5H,3,6-7H2,(H,10,12);1-5H;/q2*-1;+2. The van der Waals surface area contributed by atoms with E-state index in [0.717, 1.165) is 25.2 Å². The van der Waals surface area contributed by atoms with Gasteiger partial charge in [0.2, 0.25) is 6.03 Å². The van der Waals surface area contributed by atoms with Gasteiger partial charge < -0.3 is 15.0 Å². The number of amides is 2. The first-order valence-corrected chi connectivity index (χ1v) is 5.82. The van der Waals surface area contributed by atoms with E-state index >= 15 is 0 Å². The van der Waals surface area contributed by atoms with Gasteiger partial charge in [0.25, 0.3) is 0 Å². The van der Waals surface area contributed by atoms with Gasteiger partial charge in [-0.25, -0.2) is 12.1 Å². The number of nitrogens with one attached hydrogen (secondary N) is 1. The Hall–Kier alpha value is -1.51. The molecule has 0 unspecified atom stereocenters. The molecule has 18 heavy (non-hydrogen) atoms. The zero-order chi connectivity index (χ0) is 11.9. The number of carbonyl (C=O) groups excluding carboxylic acids is 1. The van der Waals surface area contributed by atoms with Crippen LogP contribution in [-0.2, 0) is 17.1 Å². The second-order valence-corrected chi connectivity index (χ2v) is 3.84. The number of nitrogens with zero attached hydrogens (tertiary/aromatic N) is 1. The fourth-order valence-electron chi connectivity index (χ4n) is 1.74. The third-order valence-electron chi connectivity index (χ3n) is 2.59. The van der Waals surface area contributed by atoms with Crippen LogP contribution in [0.3, 0.4) is 0 Å². The van der Waals surface area contributed by atoms with Crippen molar-refractivity contribution >= 4 is 11.7 Å². The molecule has 4 heteroatoms. The van der Waals surface area contributed by atoms with E-state index in [-0.39, 0.29) is 23.1 Å². The predicted octanol–water partition coefficient (Wildman–Crippen LogP) is 2.73. The predicted molar refractivity (Wildman–Crippen MR) is 69.4 cm³/mol. The van der Waals surface area contributed by atoms with Gasteiger partial charge in [0, 0.05) is 13.1 Å². The summed E-state index contributed by atoms with van der Waals surface area (Å²) in [5.41, 5.74) is 0.993. The second-order valence-electron chi connectivity index (χ2n) is 3.84. The number of anilines is 1. The van der Waals surface area contributed by atoms with Crippen LogP contribution in [0.5, 0.6) is 0 Å². The Balaban J connectivity index is 0.000000230. The summed E-state index contributed by atoms with van der Waals surface area (Å²) < 4.78 is 0. The molecular weight excluding hydrogens is 268 g/mol. The fourth-order valence-corrected chi connectivity index (χ4v) is 1.74. The Morgan fingerprint density at radius 1 is 1.17 bits per heavy atom. The van der Waals surface area contributed by atoms with Gasteiger partial charge in [-0.05, 0) is 12.1 Å². The molecule has 1 aliphatic heterocycles. The second kappa shape index (κ2) is 7.75. The molecule has 3 rings (SSSR count). The zero-order valence-corrected chi connectivity index (χ0v) is 11.1. The molecule has 0 aromatic heterocycles. The molecule has 3 nitrogen and oxygen atoms in total. The summed E-state index contributed by atoms with van der Waals surface area (Å²) in [7, 11) is 0. The molecule has 96 valence electrons. The molecule has 0 atom stereocenters. The summed E-state index contributed by atoms with van der Waals surface area (Å²) in [6, 6.07) is 17.8. The van der Waals surface area contributed by atoms with E-state index in [1.807, 2.05) is 54.6 Å². The van der Waals surface area contributed by atoms with Crippen molar-refractivity contribution < 1.29 is 21.9 Å². The van der Waals surface area contributed by atoms with Crippen LogP contribution in [0.4, 0.5) is 10.5 Å². The zero-order valence-electron chi connectivity index (χ0n) is 10.0. The van der Waals surface area contributed by atoms with Crippen LogP contribution < -0.4 is 10.2 Å². The number of carbonyl (C=O) groups is 1.